The van der Waals surface area contributed by atoms with Crippen molar-refractivity contribution in [2.45, 2.75) is 19.3 Å². The van der Waals surface area contributed by atoms with Crippen molar-refractivity contribution in [3.63, 3.8) is 0 Å². The number of amides is 2. The quantitative estimate of drug-likeness (QED) is 0.932. The molecule has 2 rings (SSSR count). The van der Waals surface area contributed by atoms with Gasteiger partial charge in [0.15, 0.2) is 0 Å². The highest BCUT2D eigenvalue weighted by atomic mass is 19.1. The minimum atomic E-state index is -0.840. The Morgan fingerprint density at radius 3 is 2.90 bits per heavy atom. The molecule has 6 heteroatoms. The molecule has 0 aromatic heterocycles. The van der Waals surface area contributed by atoms with Crippen molar-refractivity contribution in [3.8, 4) is 0 Å². The highest BCUT2D eigenvalue weighted by molar-refractivity contribution is 5.91. The van der Waals surface area contributed by atoms with Crippen LogP contribution in [0, 0.1) is 11.7 Å². The number of anilines is 1. The Morgan fingerprint density at radius 2 is 2.24 bits per heavy atom. The number of hydrogen-bond donors (Lipinski definition) is 1. The highest BCUT2D eigenvalue weighted by Crippen LogP contribution is 2.22. The largest absolute Gasteiger partial charge is 0.481 e. The molecule has 0 radical (unpaired) electrons. The average Bonchev–Trinajstić information content (AvgIpc) is 2.45. The molecule has 5 nitrogen and oxygen atoms in total. The summed E-state index contributed by atoms with van der Waals surface area (Å²) in [6.07, 6.45) is 1.69. The van der Waals surface area contributed by atoms with Crippen molar-refractivity contribution in [2.24, 2.45) is 5.92 Å². The molecule has 1 aromatic rings. The predicted molar refractivity (Wildman–Crippen MR) is 76.7 cm³/mol. The zero-order valence-corrected chi connectivity index (χ0v) is 12.0. The first kappa shape index (κ1) is 15.3. The van der Waals surface area contributed by atoms with Gasteiger partial charge < -0.3 is 10.0 Å². The summed E-state index contributed by atoms with van der Waals surface area (Å²) in [6.45, 7) is 1.04. The summed E-state index contributed by atoms with van der Waals surface area (Å²) in [5.41, 5.74) is 0.486. The van der Waals surface area contributed by atoms with Crippen LogP contribution in [0.25, 0.3) is 0 Å². The van der Waals surface area contributed by atoms with Gasteiger partial charge in [-0.05, 0) is 37.0 Å². The lowest BCUT2D eigenvalue weighted by molar-refractivity contribution is -0.138. The molecule has 1 unspecified atom stereocenters. The van der Waals surface area contributed by atoms with E-state index in [0.717, 1.165) is 12.8 Å². The number of rotatable bonds is 3. The summed E-state index contributed by atoms with van der Waals surface area (Å²) in [6, 6.07) is 5.62. The van der Waals surface area contributed by atoms with Crippen LogP contribution in [0.1, 0.15) is 19.3 Å². The molecule has 1 atom stereocenters. The van der Waals surface area contributed by atoms with Crippen LogP contribution in [0.4, 0.5) is 14.9 Å². The number of carbonyl (C=O) groups excluding carboxylic acids is 1. The zero-order valence-electron chi connectivity index (χ0n) is 12.0. The molecular weight excluding hydrogens is 275 g/mol. The van der Waals surface area contributed by atoms with Gasteiger partial charge in [0.05, 0.1) is 0 Å². The Labute approximate surface area is 123 Å². The van der Waals surface area contributed by atoms with Gasteiger partial charge in [-0.1, -0.05) is 6.07 Å². The van der Waals surface area contributed by atoms with Gasteiger partial charge >= 0.3 is 12.0 Å². The van der Waals surface area contributed by atoms with Crippen LogP contribution in [-0.4, -0.2) is 42.1 Å². The van der Waals surface area contributed by atoms with Gasteiger partial charge in [-0.3, -0.25) is 9.69 Å². The number of piperidine rings is 1. The van der Waals surface area contributed by atoms with Crippen molar-refractivity contribution < 1.29 is 19.1 Å². The van der Waals surface area contributed by atoms with Gasteiger partial charge in [-0.15, -0.1) is 0 Å². The van der Waals surface area contributed by atoms with Crippen LogP contribution in [0.3, 0.4) is 0 Å². The third kappa shape index (κ3) is 3.93. The van der Waals surface area contributed by atoms with E-state index in [2.05, 4.69) is 0 Å². The smallest absolute Gasteiger partial charge is 0.324 e. The van der Waals surface area contributed by atoms with Gasteiger partial charge in [-0.2, -0.15) is 0 Å². The fourth-order valence-electron chi connectivity index (χ4n) is 2.66. The lowest BCUT2D eigenvalue weighted by atomic mass is 9.95. The lowest BCUT2D eigenvalue weighted by Crippen LogP contribution is -2.46. The highest BCUT2D eigenvalue weighted by Gasteiger charge is 2.27. The predicted octanol–water partition coefficient (Wildman–Crippen LogP) is 2.57. The Morgan fingerprint density at radius 1 is 1.48 bits per heavy atom. The Hall–Kier alpha value is -2.11. The molecule has 1 heterocycles. The molecule has 21 heavy (non-hydrogen) atoms. The van der Waals surface area contributed by atoms with Crippen LogP contribution in [0.5, 0.6) is 0 Å². The van der Waals surface area contributed by atoms with E-state index in [1.807, 2.05) is 0 Å². The van der Waals surface area contributed by atoms with E-state index < -0.39 is 11.8 Å². The Kier molecular flexibility index (Phi) is 4.77. The van der Waals surface area contributed by atoms with E-state index in [0.29, 0.717) is 18.8 Å². The van der Waals surface area contributed by atoms with E-state index in [-0.39, 0.29) is 18.4 Å². The molecule has 0 aliphatic carbocycles. The van der Waals surface area contributed by atoms with E-state index in [9.17, 15) is 14.0 Å². The summed E-state index contributed by atoms with van der Waals surface area (Å²) in [7, 11) is 1.60. The fraction of sp³-hybridized carbons (Fsp3) is 0.467. The first-order chi connectivity index (χ1) is 9.97. The standard InChI is InChI=1S/C15H19FN2O3/c1-17(13-6-2-5-12(16)9-13)15(21)18-7-3-4-11(10-18)8-14(19)20/h2,5-6,9,11H,3-4,7-8,10H2,1H3,(H,19,20). The number of halogens is 1. The van der Waals surface area contributed by atoms with Crippen LogP contribution < -0.4 is 4.90 Å². The maximum absolute atomic E-state index is 13.2. The number of urea groups is 1. The third-order valence-corrected chi connectivity index (χ3v) is 3.74. The monoisotopic (exact) mass is 294 g/mol. The van der Waals surface area contributed by atoms with Gasteiger partial charge in [-0.25, -0.2) is 9.18 Å². The first-order valence-electron chi connectivity index (χ1n) is 6.97. The number of carboxylic acids is 1. The second-order valence-corrected chi connectivity index (χ2v) is 5.37. The molecule has 0 spiro atoms. The maximum atomic E-state index is 13.2. The number of carboxylic acid groups (broad SMARTS) is 1. The molecule has 1 aromatic carbocycles. The second-order valence-electron chi connectivity index (χ2n) is 5.37. The zero-order chi connectivity index (χ0) is 15.4. The number of hydrogen-bond acceptors (Lipinski definition) is 2. The molecule has 0 saturated carbocycles. The molecule has 1 N–H and O–H groups in total. The minimum absolute atomic E-state index is 0.0129. The number of benzene rings is 1. The molecule has 2 amide bonds. The molecule has 0 bridgehead atoms. The van der Waals surface area contributed by atoms with E-state index in [1.54, 1.807) is 24.1 Å². The summed E-state index contributed by atoms with van der Waals surface area (Å²) >= 11 is 0. The van der Waals surface area contributed by atoms with Crippen LogP contribution in [-0.2, 0) is 4.79 Å². The molecule has 1 aliphatic heterocycles. The lowest BCUT2D eigenvalue weighted by Gasteiger charge is -2.34. The van der Waals surface area contributed by atoms with Crippen molar-refractivity contribution in [1.29, 1.82) is 0 Å². The Balaban J connectivity index is 2.03. The van der Waals surface area contributed by atoms with E-state index in [1.165, 1.54) is 17.0 Å². The SMILES string of the molecule is CN(C(=O)N1CCCC(CC(=O)O)C1)c1cccc(F)c1. The fourth-order valence-corrected chi connectivity index (χ4v) is 2.66. The molecule has 114 valence electrons. The van der Waals surface area contributed by atoms with Gasteiger partial charge in [0.2, 0.25) is 0 Å². The number of nitrogens with zero attached hydrogens (tertiary/aromatic N) is 2. The number of likely N-dealkylation sites (tertiary alicyclic amines) is 1. The minimum Gasteiger partial charge on any atom is -0.481 e. The van der Waals surface area contributed by atoms with E-state index >= 15 is 0 Å². The maximum Gasteiger partial charge on any atom is 0.324 e. The van der Waals surface area contributed by atoms with Gasteiger partial charge in [0.1, 0.15) is 5.82 Å². The van der Waals surface area contributed by atoms with Crippen LogP contribution in [0.15, 0.2) is 24.3 Å². The third-order valence-electron chi connectivity index (χ3n) is 3.74. The van der Waals surface area contributed by atoms with Crippen molar-refractivity contribution in [2.75, 3.05) is 25.0 Å². The van der Waals surface area contributed by atoms with Crippen molar-refractivity contribution in [1.82, 2.24) is 4.90 Å². The first-order valence-corrected chi connectivity index (χ1v) is 6.97. The summed E-state index contributed by atoms with van der Waals surface area (Å²) in [4.78, 5) is 26.2. The van der Waals surface area contributed by atoms with Crippen LogP contribution in [0.2, 0.25) is 0 Å². The molecule has 1 saturated heterocycles. The molecule has 1 fully saturated rings. The average molecular weight is 294 g/mol. The normalized spacial score (nSPS) is 18.4. The molecule has 1 aliphatic rings. The summed E-state index contributed by atoms with van der Waals surface area (Å²) in [5.74, 6) is -1.25. The Bertz CT molecular complexity index is 535. The second kappa shape index (κ2) is 6.56. The van der Waals surface area contributed by atoms with E-state index in [4.69, 9.17) is 5.11 Å². The summed E-state index contributed by atoms with van der Waals surface area (Å²) < 4.78 is 13.2. The number of aliphatic carboxylic acids is 1. The van der Waals surface area contributed by atoms with Crippen molar-refractivity contribution >= 4 is 17.7 Å². The number of carbonyl (C=O) groups is 2. The van der Waals surface area contributed by atoms with Gasteiger partial charge in [0, 0.05) is 32.2 Å². The summed E-state index contributed by atoms with van der Waals surface area (Å²) in [5, 5.41) is 8.85. The molecular formula is C15H19FN2O3. The van der Waals surface area contributed by atoms with Crippen LogP contribution >= 0.6 is 0 Å². The van der Waals surface area contributed by atoms with Crippen molar-refractivity contribution in [3.05, 3.63) is 30.1 Å². The topological polar surface area (TPSA) is 60.9 Å². The van der Waals surface area contributed by atoms with Gasteiger partial charge in [0.25, 0.3) is 0 Å².